The van der Waals surface area contributed by atoms with Crippen LogP contribution in [0.1, 0.15) is 10.5 Å². The Kier molecular flexibility index (Phi) is 3.37. The third-order valence-corrected chi connectivity index (χ3v) is 2.61. The van der Waals surface area contributed by atoms with E-state index < -0.39 is 11.8 Å². The number of aromatic nitrogens is 2. The smallest absolute Gasteiger partial charge is 0.356 e. The number of aromatic amines is 1. The van der Waals surface area contributed by atoms with Crippen molar-refractivity contribution < 1.29 is 18.7 Å². The molecule has 0 aliphatic rings. The van der Waals surface area contributed by atoms with Crippen molar-refractivity contribution in [3.05, 3.63) is 29.7 Å². The van der Waals surface area contributed by atoms with Gasteiger partial charge < -0.3 is 15.2 Å². The Morgan fingerprint density at radius 3 is 2.79 bits per heavy atom. The minimum atomic E-state index is -0.648. The normalized spacial score (nSPS) is 10.3. The standard InChI is InChI=1S/C12H12FN3O3/c1-18-8-4-3-6(13)5-7(8)9-10(12(17)19-2)15-16-11(9)14/h3-5H,1-2H3,(H3,14,15,16). The second-order valence-electron chi connectivity index (χ2n) is 3.70. The summed E-state index contributed by atoms with van der Waals surface area (Å²) in [6.07, 6.45) is 0. The lowest BCUT2D eigenvalue weighted by Gasteiger charge is -2.09. The molecule has 0 atom stereocenters. The van der Waals surface area contributed by atoms with Crippen LogP contribution in [0, 0.1) is 5.82 Å². The maximum absolute atomic E-state index is 13.4. The van der Waals surface area contributed by atoms with Crippen LogP contribution in [-0.4, -0.2) is 30.4 Å². The molecule has 0 aliphatic heterocycles. The van der Waals surface area contributed by atoms with E-state index in [0.29, 0.717) is 11.3 Å². The van der Waals surface area contributed by atoms with Gasteiger partial charge in [-0.25, -0.2) is 9.18 Å². The first-order valence-corrected chi connectivity index (χ1v) is 5.34. The average Bonchev–Trinajstić information content (AvgIpc) is 2.79. The number of rotatable bonds is 3. The third-order valence-electron chi connectivity index (χ3n) is 2.61. The van der Waals surface area contributed by atoms with Crippen LogP contribution in [0.5, 0.6) is 5.75 Å². The summed E-state index contributed by atoms with van der Waals surface area (Å²) in [5.74, 6) is -0.693. The lowest BCUT2D eigenvalue weighted by Crippen LogP contribution is -2.04. The molecular weight excluding hydrogens is 253 g/mol. The van der Waals surface area contributed by atoms with Crippen LogP contribution >= 0.6 is 0 Å². The minimum absolute atomic E-state index is 0.0453. The number of esters is 1. The van der Waals surface area contributed by atoms with Gasteiger partial charge in [0.05, 0.1) is 19.8 Å². The van der Waals surface area contributed by atoms with Crippen LogP contribution in [0.4, 0.5) is 10.2 Å². The fourth-order valence-corrected chi connectivity index (χ4v) is 1.75. The maximum Gasteiger partial charge on any atom is 0.356 e. The Morgan fingerprint density at radius 1 is 1.42 bits per heavy atom. The van der Waals surface area contributed by atoms with Crippen LogP contribution in [-0.2, 0) is 4.74 Å². The molecule has 0 radical (unpaired) electrons. The van der Waals surface area contributed by atoms with Crippen molar-refractivity contribution in [2.75, 3.05) is 20.0 Å². The summed E-state index contributed by atoms with van der Waals surface area (Å²) in [5.41, 5.74) is 6.34. The molecule has 0 saturated heterocycles. The Bertz CT molecular complexity index is 625. The SMILES string of the molecule is COC(=O)c1[nH]nc(N)c1-c1cc(F)ccc1OC. The topological polar surface area (TPSA) is 90.2 Å². The summed E-state index contributed by atoms with van der Waals surface area (Å²) in [5, 5.41) is 6.21. The molecule has 0 unspecified atom stereocenters. The van der Waals surface area contributed by atoms with Crippen LogP contribution in [0.3, 0.4) is 0 Å². The van der Waals surface area contributed by atoms with Gasteiger partial charge in [-0.05, 0) is 18.2 Å². The highest BCUT2D eigenvalue weighted by molar-refractivity contribution is 5.99. The van der Waals surface area contributed by atoms with Gasteiger partial charge in [-0.15, -0.1) is 0 Å². The van der Waals surface area contributed by atoms with Crippen molar-refractivity contribution in [1.29, 1.82) is 0 Å². The predicted molar refractivity (Wildman–Crippen MR) is 66.3 cm³/mol. The van der Waals surface area contributed by atoms with Gasteiger partial charge in [0.25, 0.3) is 0 Å². The maximum atomic E-state index is 13.4. The Labute approximate surface area is 108 Å². The van der Waals surface area contributed by atoms with Crippen LogP contribution in [0.15, 0.2) is 18.2 Å². The molecule has 19 heavy (non-hydrogen) atoms. The van der Waals surface area contributed by atoms with Crippen LogP contribution < -0.4 is 10.5 Å². The predicted octanol–water partition coefficient (Wildman–Crippen LogP) is 1.59. The number of nitrogens with one attached hydrogen (secondary N) is 1. The number of nitrogens with two attached hydrogens (primary N) is 1. The number of carbonyl (C=O) groups excluding carboxylic acids is 1. The molecule has 0 amide bonds. The summed E-state index contributed by atoms with van der Waals surface area (Å²) in [6.45, 7) is 0. The zero-order chi connectivity index (χ0) is 14.0. The van der Waals surface area contributed by atoms with Gasteiger partial charge in [-0.2, -0.15) is 5.10 Å². The van der Waals surface area contributed by atoms with E-state index in [-0.39, 0.29) is 17.1 Å². The fraction of sp³-hybridized carbons (Fsp3) is 0.167. The van der Waals surface area contributed by atoms with Crippen molar-refractivity contribution >= 4 is 11.8 Å². The van der Waals surface area contributed by atoms with Crippen molar-refractivity contribution in [3.8, 4) is 16.9 Å². The Balaban J connectivity index is 2.68. The lowest BCUT2D eigenvalue weighted by atomic mass is 10.0. The molecule has 1 heterocycles. The molecule has 0 spiro atoms. The summed E-state index contributed by atoms with van der Waals surface area (Å²) in [4.78, 5) is 11.6. The molecule has 3 N–H and O–H groups in total. The van der Waals surface area contributed by atoms with Crippen LogP contribution in [0.2, 0.25) is 0 Å². The number of ether oxygens (including phenoxy) is 2. The van der Waals surface area contributed by atoms with Gasteiger partial charge >= 0.3 is 5.97 Å². The van der Waals surface area contributed by atoms with Crippen molar-refractivity contribution in [1.82, 2.24) is 10.2 Å². The van der Waals surface area contributed by atoms with E-state index in [2.05, 4.69) is 14.9 Å². The van der Waals surface area contributed by atoms with Gasteiger partial charge in [0.15, 0.2) is 11.5 Å². The summed E-state index contributed by atoms with van der Waals surface area (Å²) in [6, 6.07) is 3.90. The van der Waals surface area contributed by atoms with Crippen molar-refractivity contribution in [2.45, 2.75) is 0 Å². The van der Waals surface area contributed by atoms with Gasteiger partial charge in [-0.1, -0.05) is 0 Å². The van der Waals surface area contributed by atoms with Gasteiger partial charge in [-0.3, -0.25) is 5.10 Å². The van der Waals surface area contributed by atoms with E-state index in [1.165, 1.54) is 32.4 Å². The zero-order valence-corrected chi connectivity index (χ0v) is 10.4. The molecule has 0 fully saturated rings. The number of halogens is 1. The molecule has 0 aliphatic carbocycles. The molecule has 100 valence electrons. The minimum Gasteiger partial charge on any atom is -0.496 e. The first kappa shape index (κ1) is 12.9. The highest BCUT2D eigenvalue weighted by atomic mass is 19.1. The molecular formula is C12H12FN3O3. The fourth-order valence-electron chi connectivity index (χ4n) is 1.75. The van der Waals surface area contributed by atoms with Gasteiger partial charge in [0.2, 0.25) is 0 Å². The Morgan fingerprint density at radius 2 is 2.16 bits per heavy atom. The molecule has 0 bridgehead atoms. The first-order valence-electron chi connectivity index (χ1n) is 5.34. The monoisotopic (exact) mass is 265 g/mol. The number of nitrogens with zero attached hydrogens (tertiary/aromatic N) is 1. The number of nitrogen functional groups attached to an aromatic ring is 1. The van der Waals surface area contributed by atoms with E-state index in [1.807, 2.05) is 0 Å². The molecule has 2 aromatic rings. The van der Waals surface area contributed by atoms with E-state index in [0.717, 1.165) is 0 Å². The average molecular weight is 265 g/mol. The van der Waals surface area contributed by atoms with Crippen molar-refractivity contribution in [2.24, 2.45) is 0 Å². The summed E-state index contributed by atoms with van der Waals surface area (Å²) >= 11 is 0. The highest BCUT2D eigenvalue weighted by Crippen LogP contribution is 2.35. The van der Waals surface area contributed by atoms with Crippen LogP contribution in [0.25, 0.3) is 11.1 Å². The second kappa shape index (κ2) is 4.97. The van der Waals surface area contributed by atoms with Gasteiger partial charge in [0, 0.05) is 5.56 Å². The number of H-pyrrole nitrogens is 1. The Hall–Kier alpha value is -2.57. The van der Waals surface area contributed by atoms with E-state index in [9.17, 15) is 9.18 Å². The molecule has 1 aromatic heterocycles. The summed E-state index contributed by atoms with van der Waals surface area (Å²) in [7, 11) is 2.66. The van der Waals surface area contributed by atoms with E-state index >= 15 is 0 Å². The lowest BCUT2D eigenvalue weighted by molar-refractivity contribution is 0.0595. The van der Waals surface area contributed by atoms with Crippen molar-refractivity contribution in [3.63, 3.8) is 0 Å². The number of methoxy groups -OCH3 is 2. The third kappa shape index (κ3) is 2.22. The number of hydrogen-bond acceptors (Lipinski definition) is 5. The van der Waals surface area contributed by atoms with Gasteiger partial charge in [0.1, 0.15) is 11.6 Å². The summed E-state index contributed by atoms with van der Waals surface area (Å²) < 4.78 is 23.1. The van der Waals surface area contributed by atoms with E-state index in [1.54, 1.807) is 0 Å². The number of carbonyl (C=O) groups is 1. The highest BCUT2D eigenvalue weighted by Gasteiger charge is 2.22. The second-order valence-corrected chi connectivity index (χ2v) is 3.70. The molecule has 6 nitrogen and oxygen atoms in total. The largest absolute Gasteiger partial charge is 0.496 e. The molecule has 7 heteroatoms. The quantitative estimate of drug-likeness (QED) is 0.822. The molecule has 0 saturated carbocycles. The molecule has 1 aromatic carbocycles. The first-order chi connectivity index (χ1) is 9.08. The molecule has 2 rings (SSSR count). The number of hydrogen-bond donors (Lipinski definition) is 2. The zero-order valence-electron chi connectivity index (χ0n) is 10.4. The number of benzene rings is 1. The van der Waals surface area contributed by atoms with E-state index in [4.69, 9.17) is 10.5 Å². The number of anilines is 1.